The molecule has 1 aliphatic rings. The number of piperidine rings is 1. The molecule has 21 heavy (non-hydrogen) atoms. The van der Waals surface area contributed by atoms with E-state index in [1.165, 1.54) is 11.2 Å². The van der Waals surface area contributed by atoms with E-state index in [0.717, 1.165) is 6.42 Å². The number of aromatic amines is 1. The van der Waals surface area contributed by atoms with Gasteiger partial charge in [-0.2, -0.15) is 9.40 Å². The van der Waals surface area contributed by atoms with Crippen molar-refractivity contribution in [3.63, 3.8) is 0 Å². The summed E-state index contributed by atoms with van der Waals surface area (Å²) in [5.74, 6) is -0.832. The lowest BCUT2D eigenvalue weighted by molar-refractivity contribution is 0.0691. The zero-order chi connectivity index (χ0) is 15.9. The van der Waals surface area contributed by atoms with Crippen LogP contribution in [0.1, 0.15) is 43.2 Å². The molecule has 2 N–H and O–H groups in total. The van der Waals surface area contributed by atoms with Crippen molar-refractivity contribution < 1.29 is 18.3 Å². The molecule has 1 fully saturated rings. The number of sulfonamides is 1. The summed E-state index contributed by atoms with van der Waals surface area (Å²) < 4.78 is 27.0. The fourth-order valence-electron chi connectivity index (χ4n) is 2.94. The number of carboxylic acid groups (broad SMARTS) is 1. The van der Waals surface area contributed by atoms with Crippen LogP contribution in [0.25, 0.3) is 0 Å². The second-order valence-corrected chi connectivity index (χ2v) is 7.77. The van der Waals surface area contributed by atoms with Gasteiger partial charge in [0.15, 0.2) is 0 Å². The van der Waals surface area contributed by atoms with E-state index >= 15 is 0 Å². The molecule has 0 bridgehead atoms. The Morgan fingerprint density at radius 1 is 1.38 bits per heavy atom. The molecule has 7 nitrogen and oxygen atoms in total. The summed E-state index contributed by atoms with van der Waals surface area (Å²) >= 11 is 0. The molecule has 1 aromatic heterocycles. The number of aromatic carboxylic acids is 1. The highest BCUT2D eigenvalue weighted by atomic mass is 32.2. The van der Waals surface area contributed by atoms with E-state index < -0.39 is 16.0 Å². The van der Waals surface area contributed by atoms with Gasteiger partial charge in [-0.25, -0.2) is 13.2 Å². The Labute approximate surface area is 124 Å². The van der Waals surface area contributed by atoms with Crippen molar-refractivity contribution in [1.29, 1.82) is 0 Å². The number of hydrogen-bond acceptors (Lipinski definition) is 4. The molecular weight excluding hydrogens is 294 g/mol. The molecule has 118 valence electrons. The predicted octanol–water partition coefficient (Wildman–Crippen LogP) is 1.47. The lowest BCUT2D eigenvalue weighted by atomic mass is 9.88. The Balaban J connectivity index is 2.49. The number of carboxylic acids is 1. The average Bonchev–Trinajstić information content (AvgIpc) is 2.76. The Kier molecular flexibility index (Phi) is 4.12. The SMILES string of the molecule is Cc1[nH]nc(S(=O)(=O)N2CC(C)CC(C)C2C)c1C(=O)O. The molecule has 1 aromatic rings. The first-order chi connectivity index (χ1) is 9.66. The van der Waals surface area contributed by atoms with E-state index in [1.54, 1.807) is 0 Å². The minimum atomic E-state index is -3.92. The largest absolute Gasteiger partial charge is 0.478 e. The van der Waals surface area contributed by atoms with Gasteiger partial charge in [0.25, 0.3) is 10.0 Å². The predicted molar refractivity (Wildman–Crippen MR) is 76.6 cm³/mol. The molecule has 3 atom stereocenters. The molecule has 3 unspecified atom stereocenters. The van der Waals surface area contributed by atoms with Crippen molar-refractivity contribution in [2.24, 2.45) is 11.8 Å². The molecular formula is C13H21N3O4S. The number of H-pyrrole nitrogens is 1. The van der Waals surface area contributed by atoms with Crippen LogP contribution in [0.4, 0.5) is 0 Å². The third-order valence-electron chi connectivity index (χ3n) is 4.22. The molecule has 2 rings (SSSR count). The second-order valence-electron chi connectivity index (χ2n) is 5.97. The molecule has 0 aromatic carbocycles. The van der Waals surface area contributed by atoms with Gasteiger partial charge in [0.05, 0.1) is 0 Å². The van der Waals surface area contributed by atoms with Crippen molar-refractivity contribution in [3.8, 4) is 0 Å². The molecule has 8 heteroatoms. The number of nitrogens with zero attached hydrogens (tertiary/aromatic N) is 2. The minimum absolute atomic E-state index is 0.176. The number of hydrogen-bond donors (Lipinski definition) is 2. The van der Waals surface area contributed by atoms with Crippen LogP contribution >= 0.6 is 0 Å². The molecule has 0 spiro atoms. The summed E-state index contributed by atoms with van der Waals surface area (Å²) in [6, 6.07) is -0.176. The van der Waals surface area contributed by atoms with Crippen LogP contribution in [0.3, 0.4) is 0 Å². The van der Waals surface area contributed by atoms with Crippen LogP contribution in [0.5, 0.6) is 0 Å². The maximum Gasteiger partial charge on any atom is 0.340 e. The number of rotatable bonds is 3. The topological polar surface area (TPSA) is 103 Å². The summed E-state index contributed by atoms with van der Waals surface area (Å²) in [5.41, 5.74) is -0.0279. The van der Waals surface area contributed by atoms with Crippen molar-refractivity contribution in [2.75, 3.05) is 6.54 Å². The van der Waals surface area contributed by atoms with Crippen LogP contribution in [0, 0.1) is 18.8 Å². The summed E-state index contributed by atoms with van der Waals surface area (Å²) in [5, 5.41) is 15.0. The van der Waals surface area contributed by atoms with Gasteiger partial charge in [-0.15, -0.1) is 0 Å². The Morgan fingerprint density at radius 3 is 2.57 bits per heavy atom. The van der Waals surface area contributed by atoms with Crippen molar-refractivity contribution in [3.05, 3.63) is 11.3 Å². The fourth-order valence-corrected chi connectivity index (χ4v) is 4.91. The van der Waals surface area contributed by atoms with Crippen LogP contribution < -0.4 is 0 Å². The van der Waals surface area contributed by atoms with E-state index in [0.29, 0.717) is 6.54 Å². The van der Waals surface area contributed by atoms with Gasteiger partial charge < -0.3 is 5.11 Å². The molecule has 2 heterocycles. The van der Waals surface area contributed by atoms with Gasteiger partial charge in [0.1, 0.15) is 5.56 Å². The van der Waals surface area contributed by atoms with Gasteiger partial charge in [-0.1, -0.05) is 13.8 Å². The fraction of sp³-hybridized carbons (Fsp3) is 0.692. The van der Waals surface area contributed by atoms with Crippen molar-refractivity contribution in [1.82, 2.24) is 14.5 Å². The Hall–Kier alpha value is -1.41. The van der Waals surface area contributed by atoms with Gasteiger partial charge >= 0.3 is 5.97 Å². The normalized spacial score (nSPS) is 27.7. The quantitative estimate of drug-likeness (QED) is 0.879. The Bertz CT molecular complexity index is 652. The van der Waals surface area contributed by atoms with E-state index in [-0.39, 0.29) is 34.2 Å². The molecule has 0 amide bonds. The average molecular weight is 315 g/mol. The molecule has 0 aliphatic carbocycles. The monoisotopic (exact) mass is 315 g/mol. The van der Waals surface area contributed by atoms with Gasteiger partial charge in [-0.05, 0) is 32.1 Å². The van der Waals surface area contributed by atoms with Gasteiger partial charge in [0.2, 0.25) is 5.03 Å². The number of aryl methyl sites for hydroxylation is 1. The van der Waals surface area contributed by atoms with Crippen molar-refractivity contribution >= 4 is 16.0 Å². The number of nitrogens with one attached hydrogen (secondary N) is 1. The van der Waals surface area contributed by atoms with E-state index in [4.69, 9.17) is 0 Å². The van der Waals surface area contributed by atoms with E-state index in [1.807, 2.05) is 20.8 Å². The van der Waals surface area contributed by atoms with E-state index in [9.17, 15) is 18.3 Å². The highest BCUT2D eigenvalue weighted by molar-refractivity contribution is 7.89. The van der Waals surface area contributed by atoms with Crippen LogP contribution in [-0.4, -0.2) is 46.6 Å². The lowest BCUT2D eigenvalue weighted by Gasteiger charge is -2.39. The molecule has 1 aliphatic heterocycles. The van der Waals surface area contributed by atoms with Crippen LogP contribution in [-0.2, 0) is 10.0 Å². The molecule has 0 saturated carbocycles. The summed E-state index contributed by atoms with van der Waals surface area (Å²) in [4.78, 5) is 11.3. The number of carbonyl (C=O) groups is 1. The summed E-state index contributed by atoms with van der Waals surface area (Å²) in [6.07, 6.45) is 0.957. The smallest absolute Gasteiger partial charge is 0.340 e. The molecule has 1 saturated heterocycles. The zero-order valence-electron chi connectivity index (χ0n) is 12.6. The maximum atomic E-state index is 12.8. The van der Waals surface area contributed by atoms with Crippen LogP contribution in [0.2, 0.25) is 0 Å². The van der Waals surface area contributed by atoms with Gasteiger partial charge in [0, 0.05) is 18.3 Å². The standard InChI is InChI=1S/C13H21N3O4S/c1-7-5-8(2)10(4)16(6-7)21(19,20)12-11(13(17)18)9(3)14-15-12/h7-8,10H,5-6H2,1-4H3,(H,14,15)(H,17,18). The highest BCUT2D eigenvalue weighted by Gasteiger charge is 2.40. The van der Waals surface area contributed by atoms with E-state index in [2.05, 4.69) is 10.2 Å². The van der Waals surface area contributed by atoms with Crippen LogP contribution in [0.15, 0.2) is 5.03 Å². The maximum absolute atomic E-state index is 12.8. The zero-order valence-corrected chi connectivity index (χ0v) is 13.4. The molecule has 0 radical (unpaired) electrons. The summed E-state index contributed by atoms with van der Waals surface area (Å²) in [7, 11) is -3.92. The Morgan fingerprint density at radius 2 is 2.00 bits per heavy atom. The third-order valence-corrected chi connectivity index (χ3v) is 6.11. The number of aromatic nitrogens is 2. The third kappa shape index (κ3) is 2.69. The lowest BCUT2D eigenvalue weighted by Crippen LogP contribution is -2.49. The first kappa shape index (κ1) is 16.0. The second kappa shape index (κ2) is 5.42. The minimum Gasteiger partial charge on any atom is -0.478 e. The highest BCUT2D eigenvalue weighted by Crippen LogP contribution is 2.32. The first-order valence-corrected chi connectivity index (χ1v) is 8.40. The van der Waals surface area contributed by atoms with Crippen molar-refractivity contribution in [2.45, 2.75) is 45.2 Å². The summed E-state index contributed by atoms with van der Waals surface area (Å²) in [6.45, 7) is 7.75. The van der Waals surface area contributed by atoms with Gasteiger partial charge in [-0.3, -0.25) is 5.10 Å². The first-order valence-electron chi connectivity index (χ1n) is 6.96.